The molecule has 0 bridgehead atoms. The van der Waals surface area contributed by atoms with Crippen molar-refractivity contribution < 1.29 is 9.18 Å². The summed E-state index contributed by atoms with van der Waals surface area (Å²) in [6.45, 7) is 5.37. The van der Waals surface area contributed by atoms with Gasteiger partial charge in [-0.1, -0.05) is 50.2 Å². The third kappa shape index (κ3) is 5.64. The highest BCUT2D eigenvalue weighted by molar-refractivity contribution is 5.90. The molecule has 1 heterocycles. The third-order valence-electron chi connectivity index (χ3n) is 4.53. The Balaban J connectivity index is 0.00000320. The van der Waals surface area contributed by atoms with E-state index in [4.69, 9.17) is 5.73 Å². The summed E-state index contributed by atoms with van der Waals surface area (Å²) in [7, 11) is 0. The number of nitrogens with two attached hydrogens (primary N) is 1. The van der Waals surface area contributed by atoms with Crippen molar-refractivity contribution in [3.8, 4) is 5.69 Å². The molecule has 0 aliphatic rings. The maximum absolute atomic E-state index is 13.7. The van der Waals surface area contributed by atoms with Gasteiger partial charge in [-0.05, 0) is 36.7 Å². The lowest BCUT2D eigenvalue weighted by Crippen LogP contribution is -2.33. The lowest BCUT2D eigenvalue weighted by atomic mass is 10.2. The van der Waals surface area contributed by atoms with Gasteiger partial charge < -0.3 is 10.6 Å². The van der Waals surface area contributed by atoms with E-state index in [-0.39, 0.29) is 35.9 Å². The summed E-state index contributed by atoms with van der Waals surface area (Å²) in [6.07, 6.45) is 0.681. The molecule has 0 aliphatic heterocycles. The summed E-state index contributed by atoms with van der Waals surface area (Å²) >= 11 is 0. The average molecular weight is 432 g/mol. The average Bonchev–Trinajstić information content (AvgIpc) is 3.17. The molecule has 0 unspecified atom stereocenters. The molecule has 0 atom stereocenters. The van der Waals surface area contributed by atoms with Crippen LogP contribution in [-0.4, -0.2) is 38.7 Å². The molecular weight excluding hydrogens is 405 g/mol. The number of hydrogen-bond acceptors (Lipinski definition) is 4. The van der Waals surface area contributed by atoms with Crippen LogP contribution in [0, 0.1) is 5.82 Å². The molecule has 3 aromatic rings. The molecule has 0 fully saturated rings. The molecular formula is C22H27ClFN5O. The summed E-state index contributed by atoms with van der Waals surface area (Å²) < 4.78 is 15.3. The maximum Gasteiger partial charge on any atom is 0.293 e. The maximum atomic E-state index is 13.7. The Morgan fingerprint density at radius 2 is 1.90 bits per heavy atom. The van der Waals surface area contributed by atoms with Gasteiger partial charge in [0.25, 0.3) is 5.91 Å². The first-order valence-corrected chi connectivity index (χ1v) is 9.75. The van der Waals surface area contributed by atoms with Crippen molar-refractivity contribution in [1.29, 1.82) is 0 Å². The van der Waals surface area contributed by atoms with Crippen molar-refractivity contribution in [2.45, 2.75) is 32.7 Å². The Morgan fingerprint density at radius 3 is 2.53 bits per heavy atom. The van der Waals surface area contributed by atoms with Gasteiger partial charge in [0.05, 0.1) is 5.69 Å². The van der Waals surface area contributed by atoms with Crippen molar-refractivity contribution in [2.75, 3.05) is 13.1 Å². The summed E-state index contributed by atoms with van der Waals surface area (Å²) in [5, 5.41) is 4.43. The molecule has 6 nitrogen and oxygen atoms in total. The van der Waals surface area contributed by atoms with Crippen molar-refractivity contribution in [3.63, 3.8) is 0 Å². The van der Waals surface area contributed by atoms with Crippen LogP contribution in [0.1, 0.15) is 48.2 Å². The van der Waals surface area contributed by atoms with Gasteiger partial charge in [0.2, 0.25) is 5.82 Å². The van der Waals surface area contributed by atoms with Gasteiger partial charge in [0, 0.05) is 19.0 Å². The third-order valence-corrected chi connectivity index (χ3v) is 4.53. The van der Waals surface area contributed by atoms with Crippen LogP contribution in [0.4, 0.5) is 4.39 Å². The second-order valence-corrected chi connectivity index (χ2v) is 7.19. The first-order chi connectivity index (χ1) is 14.0. The number of nitrogens with zero attached hydrogens (tertiary/aromatic N) is 4. The molecule has 0 radical (unpaired) electrons. The molecule has 1 amide bonds. The minimum atomic E-state index is -0.366. The lowest BCUT2D eigenvalue weighted by molar-refractivity contribution is 0.0730. The van der Waals surface area contributed by atoms with Gasteiger partial charge in [0.15, 0.2) is 0 Å². The molecule has 8 heteroatoms. The van der Waals surface area contributed by atoms with Gasteiger partial charge in [0.1, 0.15) is 11.6 Å². The SMILES string of the molecule is CC(C)c1nc(C(=O)N(CCCN)Cc2ccccc2)nn1-c1cccc(F)c1.Cl. The van der Waals surface area contributed by atoms with E-state index < -0.39 is 0 Å². The Bertz CT molecular complexity index is 961. The Hall–Kier alpha value is -2.77. The predicted molar refractivity (Wildman–Crippen MR) is 118 cm³/mol. The van der Waals surface area contributed by atoms with E-state index in [2.05, 4.69) is 10.1 Å². The van der Waals surface area contributed by atoms with Gasteiger partial charge in [-0.2, -0.15) is 0 Å². The van der Waals surface area contributed by atoms with E-state index in [1.54, 1.807) is 21.7 Å². The number of carbonyl (C=O) groups excluding carboxylic acids is 1. The van der Waals surface area contributed by atoms with Crippen LogP contribution in [0.2, 0.25) is 0 Å². The zero-order valence-electron chi connectivity index (χ0n) is 17.2. The highest BCUT2D eigenvalue weighted by atomic mass is 35.5. The van der Waals surface area contributed by atoms with Crippen LogP contribution in [0.3, 0.4) is 0 Å². The van der Waals surface area contributed by atoms with Gasteiger partial charge in [-0.15, -0.1) is 17.5 Å². The molecule has 2 aromatic carbocycles. The fourth-order valence-electron chi connectivity index (χ4n) is 3.07. The molecule has 0 saturated heterocycles. The number of halogens is 2. The minimum Gasteiger partial charge on any atom is -0.331 e. The van der Waals surface area contributed by atoms with Crippen molar-refractivity contribution in [1.82, 2.24) is 19.7 Å². The number of rotatable bonds is 8. The van der Waals surface area contributed by atoms with E-state index in [0.29, 0.717) is 37.6 Å². The number of aromatic nitrogens is 3. The smallest absolute Gasteiger partial charge is 0.293 e. The molecule has 30 heavy (non-hydrogen) atoms. The number of hydrogen-bond donors (Lipinski definition) is 1. The number of benzene rings is 2. The van der Waals surface area contributed by atoms with Gasteiger partial charge in [-0.3, -0.25) is 4.79 Å². The van der Waals surface area contributed by atoms with Crippen LogP contribution in [-0.2, 0) is 6.54 Å². The second kappa shape index (κ2) is 10.8. The zero-order chi connectivity index (χ0) is 20.8. The monoisotopic (exact) mass is 431 g/mol. The normalized spacial score (nSPS) is 10.7. The van der Waals surface area contributed by atoms with E-state index in [1.807, 2.05) is 44.2 Å². The van der Waals surface area contributed by atoms with Crippen LogP contribution in [0.25, 0.3) is 5.69 Å². The molecule has 0 aliphatic carbocycles. The Morgan fingerprint density at radius 1 is 1.17 bits per heavy atom. The largest absolute Gasteiger partial charge is 0.331 e. The highest BCUT2D eigenvalue weighted by Crippen LogP contribution is 2.19. The van der Waals surface area contributed by atoms with Gasteiger partial charge in [-0.25, -0.2) is 14.1 Å². The standard InChI is InChI=1S/C22H26FN5O.ClH/c1-16(2)21-25-20(26-28(21)19-11-6-10-18(23)14-19)22(29)27(13-7-12-24)15-17-8-4-3-5-9-17;/h3-6,8-11,14,16H,7,12-13,15,24H2,1-2H3;1H. The van der Waals surface area contributed by atoms with E-state index >= 15 is 0 Å². The summed E-state index contributed by atoms with van der Waals surface area (Å²) in [5.41, 5.74) is 7.22. The van der Waals surface area contributed by atoms with Crippen molar-refractivity contribution in [2.24, 2.45) is 5.73 Å². The van der Waals surface area contributed by atoms with Crippen molar-refractivity contribution >= 4 is 18.3 Å². The van der Waals surface area contributed by atoms with Crippen LogP contribution >= 0.6 is 12.4 Å². The van der Waals surface area contributed by atoms with Crippen LogP contribution in [0.15, 0.2) is 54.6 Å². The molecule has 0 saturated carbocycles. The second-order valence-electron chi connectivity index (χ2n) is 7.19. The minimum absolute atomic E-state index is 0. The van der Waals surface area contributed by atoms with E-state index in [9.17, 15) is 9.18 Å². The molecule has 1 aromatic heterocycles. The predicted octanol–water partition coefficient (Wildman–Crippen LogP) is 3.94. The Kier molecular flexibility index (Phi) is 8.50. The molecule has 160 valence electrons. The quantitative estimate of drug-likeness (QED) is 0.586. The first-order valence-electron chi connectivity index (χ1n) is 9.75. The summed E-state index contributed by atoms with van der Waals surface area (Å²) in [5.74, 6) is 0.0934. The molecule has 0 spiro atoms. The van der Waals surface area contributed by atoms with Crippen LogP contribution < -0.4 is 5.73 Å². The van der Waals surface area contributed by atoms with E-state index in [0.717, 1.165) is 5.56 Å². The van der Waals surface area contributed by atoms with Gasteiger partial charge >= 0.3 is 0 Å². The molecule has 3 rings (SSSR count). The van der Waals surface area contributed by atoms with E-state index in [1.165, 1.54) is 12.1 Å². The number of amides is 1. The topological polar surface area (TPSA) is 77.0 Å². The first kappa shape index (κ1) is 23.5. The number of carbonyl (C=O) groups is 1. The zero-order valence-corrected chi connectivity index (χ0v) is 18.0. The fraction of sp³-hybridized carbons (Fsp3) is 0.318. The van der Waals surface area contributed by atoms with Crippen LogP contribution in [0.5, 0.6) is 0 Å². The fourth-order valence-corrected chi connectivity index (χ4v) is 3.07. The van der Waals surface area contributed by atoms with Crippen molar-refractivity contribution in [3.05, 3.63) is 77.6 Å². The lowest BCUT2D eigenvalue weighted by Gasteiger charge is -2.21. The summed E-state index contributed by atoms with van der Waals surface area (Å²) in [6, 6.07) is 15.9. The summed E-state index contributed by atoms with van der Waals surface area (Å²) in [4.78, 5) is 19.4. The Labute approximate surface area is 182 Å². The molecule has 2 N–H and O–H groups in total. The highest BCUT2D eigenvalue weighted by Gasteiger charge is 2.24.